The number of hydrogen-bond donors (Lipinski definition) is 1. The van der Waals surface area contributed by atoms with E-state index >= 15 is 0 Å². The maximum atomic E-state index is 5.46. The molecule has 0 aliphatic heterocycles. The van der Waals surface area contributed by atoms with Crippen LogP contribution in [-0.4, -0.2) is 6.54 Å². The number of hydrogen-bond acceptors (Lipinski definition) is 1. The summed E-state index contributed by atoms with van der Waals surface area (Å²) in [6.07, 6.45) is 5.12. The van der Waals surface area contributed by atoms with Crippen molar-refractivity contribution in [3.8, 4) is 0 Å². The SMILES string of the molecule is CC(C)CC(C)(C)CCCCN. The fourth-order valence-electron chi connectivity index (χ4n) is 1.96. The Kier molecular flexibility index (Phi) is 5.56. The summed E-state index contributed by atoms with van der Waals surface area (Å²) >= 11 is 0. The maximum absolute atomic E-state index is 5.46. The normalized spacial score (nSPS) is 12.5. The quantitative estimate of drug-likeness (QED) is 0.610. The van der Waals surface area contributed by atoms with Gasteiger partial charge in [0, 0.05) is 0 Å². The smallest absolute Gasteiger partial charge is 0.00773 e. The molecule has 0 aliphatic carbocycles. The average Bonchev–Trinajstić information content (AvgIpc) is 1.84. The number of unbranched alkanes of at least 4 members (excludes halogenated alkanes) is 1. The van der Waals surface area contributed by atoms with Crippen LogP contribution in [0.3, 0.4) is 0 Å². The van der Waals surface area contributed by atoms with Gasteiger partial charge in [0.1, 0.15) is 0 Å². The lowest BCUT2D eigenvalue weighted by atomic mass is 9.80. The van der Waals surface area contributed by atoms with Crippen molar-refractivity contribution in [2.75, 3.05) is 6.54 Å². The molecular formula is C11H25N. The largest absolute Gasteiger partial charge is 0.330 e. The van der Waals surface area contributed by atoms with Crippen LogP contribution in [0.25, 0.3) is 0 Å². The van der Waals surface area contributed by atoms with Crippen LogP contribution in [0, 0.1) is 11.3 Å². The van der Waals surface area contributed by atoms with Crippen LogP contribution in [0.1, 0.15) is 53.4 Å². The fraction of sp³-hybridized carbons (Fsp3) is 1.00. The molecule has 0 aromatic rings. The van der Waals surface area contributed by atoms with Gasteiger partial charge in [-0.2, -0.15) is 0 Å². The van der Waals surface area contributed by atoms with Crippen molar-refractivity contribution in [2.24, 2.45) is 17.1 Å². The van der Waals surface area contributed by atoms with Gasteiger partial charge in [-0.05, 0) is 37.1 Å². The van der Waals surface area contributed by atoms with Gasteiger partial charge < -0.3 is 5.73 Å². The van der Waals surface area contributed by atoms with Crippen LogP contribution in [0.2, 0.25) is 0 Å². The van der Waals surface area contributed by atoms with E-state index < -0.39 is 0 Å². The molecule has 2 N–H and O–H groups in total. The average molecular weight is 171 g/mol. The predicted molar refractivity (Wildman–Crippen MR) is 56.1 cm³/mol. The molecule has 0 aromatic carbocycles. The van der Waals surface area contributed by atoms with Crippen LogP contribution in [0.15, 0.2) is 0 Å². The van der Waals surface area contributed by atoms with Gasteiger partial charge >= 0.3 is 0 Å². The molecule has 0 rings (SSSR count). The Morgan fingerprint density at radius 2 is 1.75 bits per heavy atom. The summed E-state index contributed by atoms with van der Waals surface area (Å²) in [5, 5.41) is 0. The molecule has 0 fully saturated rings. The van der Waals surface area contributed by atoms with Gasteiger partial charge in [0.05, 0.1) is 0 Å². The van der Waals surface area contributed by atoms with Crippen molar-refractivity contribution in [3.05, 3.63) is 0 Å². The molecule has 0 heterocycles. The Hall–Kier alpha value is -0.0400. The zero-order valence-electron chi connectivity index (χ0n) is 9.19. The van der Waals surface area contributed by atoms with Crippen LogP contribution in [-0.2, 0) is 0 Å². The number of rotatable bonds is 6. The number of nitrogens with two attached hydrogens (primary N) is 1. The van der Waals surface area contributed by atoms with Crippen LogP contribution in [0.5, 0.6) is 0 Å². The topological polar surface area (TPSA) is 26.0 Å². The highest BCUT2D eigenvalue weighted by Gasteiger charge is 2.18. The molecule has 0 saturated heterocycles. The Morgan fingerprint density at radius 3 is 2.17 bits per heavy atom. The minimum absolute atomic E-state index is 0.517. The molecule has 0 aromatic heterocycles. The first-order chi connectivity index (χ1) is 5.48. The van der Waals surface area contributed by atoms with E-state index in [9.17, 15) is 0 Å². The van der Waals surface area contributed by atoms with Gasteiger partial charge in [-0.25, -0.2) is 0 Å². The summed E-state index contributed by atoms with van der Waals surface area (Å²) in [6, 6.07) is 0. The maximum Gasteiger partial charge on any atom is -0.00773 e. The minimum atomic E-state index is 0.517. The molecule has 1 nitrogen and oxygen atoms in total. The van der Waals surface area contributed by atoms with Gasteiger partial charge in [0.25, 0.3) is 0 Å². The summed E-state index contributed by atoms with van der Waals surface area (Å²) < 4.78 is 0. The summed E-state index contributed by atoms with van der Waals surface area (Å²) in [6.45, 7) is 10.2. The van der Waals surface area contributed by atoms with E-state index in [1.165, 1.54) is 25.7 Å². The van der Waals surface area contributed by atoms with E-state index in [1.54, 1.807) is 0 Å². The first-order valence-corrected chi connectivity index (χ1v) is 5.18. The highest BCUT2D eigenvalue weighted by Crippen LogP contribution is 2.30. The van der Waals surface area contributed by atoms with Crippen molar-refractivity contribution in [1.29, 1.82) is 0 Å². The third-order valence-electron chi connectivity index (χ3n) is 2.27. The van der Waals surface area contributed by atoms with Crippen LogP contribution in [0.4, 0.5) is 0 Å². The summed E-state index contributed by atoms with van der Waals surface area (Å²) in [4.78, 5) is 0. The Morgan fingerprint density at radius 1 is 1.17 bits per heavy atom. The Balaban J connectivity index is 3.56. The first kappa shape index (κ1) is 12.0. The first-order valence-electron chi connectivity index (χ1n) is 5.18. The highest BCUT2D eigenvalue weighted by atomic mass is 14.5. The van der Waals surface area contributed by atoms with E-state index in [-0.39, 0.29) is 0 Å². The summed E-state index contributed by atoms with van der Waals surface area (Å²) in [7, 11) is 0. The zero-order valence-corrected chi connectivity index (χ0v) is 9.19. The van der Waals surface area contributed by atoms with Crippen LogP contribution >= 0.6 is 0 Å². The second-order valence-corrected chi connectivity index (χ2v) is 5.01. The van der Waals surface area contributed by atoms with E-state index in [1.807, 2.05) is 0 Å². The van der Waals surface area contributed by atoms with Gasteiger partial charge in [-0.1, -0.05) is 34.1 Å². The molecule has 0 spiro atoms. The van der Waals surface area contributed by atoms with Gasteiger partial charge in [0.15, 0.2) is 0 Å². The van der Waals surface area contributed by atoms with Crippen molar-refractivity contribution >= 4 is 0 Å². The molecule has 1 heteroatoms. The van der Waals surface area contributed by atoms with Gasteiger partial charge in [0.2, 0.25) is 0 Å². The monoisotopic (exact) mass is 171 g/mol. The van der Waals surface area contributed by atoms with E-state index in [0.29, 0.717) is 5.41 Å². The molecule has 74 valence electrons. The summed E-state index contributed by atoms with van der Waals surface area (Å²) in [5.74, 6) is 0.817. The molecule has 0 unspecified atom stereocenters. The second-order valence-electron chi connectivity index (χ2n) is 5.01. The van der Waals surface area contributed by atoms with Crippen molar-refractivity contribution < 1.29 is 0 Å². The molecule has 0 atom stereocenters. The van der Waals surface area contributed by atoms with Crippen molar-refractivity contribution in [1.82, 2.24) is 0 Å². The van der Waals surface area contributed by atoms with Crippen molar-refractivity contribution in [2.45, 2.75) is 53.4 Å². The second kappa shape index (κ2) is 5.58. The van der Waals surface area contributed by atoms with Gasteiger partial charge in [-0.15, -0.1) is 0 Å². The van der Waals surface area contributed by atoms with Crippen LogP contribution < -0.4 is 5.73 Å². The van der Waals surface area contributed by atoms with Crippen molar-refractivity contribution in [3.63, 3.8) is 0 Å². The molecule has 0 saturated carbocycles. The Labute approximate surface area is 77.7 Å². The van der Waals surface area contributed by atoms with E-state index in [0.717, 1.165) is 12.5 Å². The molecule has 0 radical (unpaired) electrons. The van der Waals surface area contributed by atoms with Gasteiger partial charge in [-0.3, -0.25) is 0 Å². The summed E-state index contributed by atoms with van der Waals surface area (Å²) in [5.41, 5.74) is 5.98. The molecule has 0 bridgehead atoms. The molecule has 0 aliphatic rings. The standard InChI is InChI=1S/C11H25N/c1-10(2)9-11(3,4)7-5-6-8-12/h10H,5-9,12H2,1-4H3. The third-order valence-corrected chi connectivity index (χ3v) is 2.27. The third kappa shape index (κ3) is 6.66. The molecule has 12 heavy (non-hydrogen) atoms. The van der Waals surface area contributed by atoms with E-state index in [2.05, 4.69) is 27.7 Å². The van der Waals surface area contributed by atoms with E-state index in [4.69, 9.17) is 5.73 Å². The fourth-order valence-corrected chi connectivity index (χ4v) is 1.96. The highest BCUT2D eigenvalue weighted by molar-refractivity contribution is 4.70. The Bertz CT molecular complexity index is 106. The lowest BCUT2D eigenvalue weighted by Gasteiger charge is -2.26. The molecular weight excluding hydrogens is 146 g/mol. The molecule has 0 amide bonds. The predicted octanol–water partition coefficient (Wildman–Crippen LogP) is 3.19. The lowest BCUT2D eigenvalue weighted by Crippen LogP contribution is -2.14. The zero-order chi connectivity index (χ0) is 9.61. The minimum Gasteiger partial charge on any atom is -0.330 e. The lowest BCUT2D eigenvalue weighted by molar-refractivity contribution is 0.258.